The van der Waals surface area contributed by atoms with Gasteiger partial charge in [-0.3, -0.25) is 9.59 Å². The number of hydrogen-bond donors (Lipinski definition) is 2. The van der Waals surface area contributed by atoms with Crippen molar-refractivity contribution in [1.82, 2.24) is 5.32 Å². The van der Waals surface area contributed by atoms with Crippen molar-refractivity contribution in [3.63, 3.8) is 0 Å². The van der Waals surface area contributed by atoms with Crippen LogP contribution in [0, 0.1) is 5.92 Å². The van der Waals surface area contributed by atoms with Crippen LogP contribution in [0.5, 0.6) is 0 Å². The van der Waals surface area contributed by atoms with Crippen molar-refractivity contribution in [2.75, 3.05) is 5.32 Å². The van der Waals surface area contributed by atoms with Crippen molar-refractivity contribution in [1.29, 1.82) is 0 Å². The standard InChI is InChI=1S/C21H24N2O2/c1-14-7-5-9-16-8-3-4-12-19(16)20(14)23-21(25)17-10-6-11-18(13-17)22-15(2)24/h3-4,6,8,10-14,20H,5,7,9H2,1-2H3,(H,22,24)(H,23,25). The SMILES string of the molecule is CC(=O)Nc1cccc(C(=O)NC2c3ccccc3CCCC2C)c1. The van der Waals surface area contributed by atoms with Crippen LogP contribution < -0.4 is 10.6 Å². The fourth-order valence-corrected chi connectivity index (χ4v) is 3.54. The molecule has 0 bridgehead atoms. The van der Waals surface area contributed by atoms with Crippen LogP contribution in [0.3, 0.4) is 0 Å². The van der Waals surface area contributed by atoms with E-state index in [0.29, 0.717) is 17.2 Å². The Balaban J connectivity index is 1.83. The Kier molecular flexibility index (Phi) is 5.17. The quantitative estimate of drug-likeness (QED) is 0.830. The summed E-state index contributed by atoms with van der Waals surface area (Å²) in [4.78, 5) is 24.0. The van der Waals surface area contributed by atoms with Gasteiger partial charge in [0.25, 0.3) is 5.91 Å². The molecule has 0 aliphatic heterocycles. The molecule has 0 radical (unpaired) electrons. The minimum absolute atomic E-state index is 0.00984. The number of nitrogens with one attached hydrogen (secondary N) is 2. The van der Waals surface area contributed by atoms with E-state index in [1.165, 1.54) is 18.1 Å². The lowest BCUT2D eigenvalue weighted by Crippen LogP contribution is -2.32. The largest absolute Gasteiger partial charge is 0.345 e. The topological polar surface area (TPSA) is 58.2 Å². The van der Waals surface area contributed by atoms with Gasteiger partial charge in [0.2, 0.25) is 5.91 Å². The van der Waals surface area contributed by atoms with E-state index in [9.17, 15) is 9.59 Å². The van der Waals surface area contributed by atoms with Gasteiger partial charge in [0.05, 0.1) is 6.04 Å². The molecule has 0 fully saturated rings. The maximum atomic E-state index is 12.8. The molecule has 0 saturated carbocycles. The maximum Gasteiger partial charge on any atom is 0.251 e. The second-order valence-corrected chi connectivity index (χ2v) is 6.78. The third-order valence-electron chi connectivity index (χ3n) is 4.80. The zero-order valence-corrected chi connectivity index (χ0v) is 14.7. The fraction of sp³-hybridized carbons (Fsp3) is 0.333. The van der Waals surface area contributed by atoms with E-state index in [-0.39, 0.29) is 17.9 Å². The van der Waals surface area contributed by atoms with Crippen molar-refractivity contribution >= 4 is 17.5 Å². The Bertz CT molecular complexity index is 785. The summed E-state index contributed by atoms with van der Waals surface area (Å²) in [5.74, 6) is 0.121. The van der Waals surface area contributed by atoms with Crippen LogP contribution in [0.2, 0.25) is 0 Å². The summed E-state index contributed by atoms with van der Waals surface area (Å²) in [6, 6.07) is 15.4. The number of aryl methyl sites for hydroxylation is 1. The number of amides is 2. The number of hydrogen-bond acceptors (Lipinski definition) is 2. The van der Waals surface area contributed by atoms with Gasteiger partial charge < -0.3 is 10.6 Å². The lowest BCUT2D eigenvalue weighted by atomic mass is 9.92. The summed E-state index contributed by atoms with van der Waals surface area (Å²) < 4.78 is 0. The van der Waals surface area contributed by atoms with Gasteiger partial charge in [-0.25, -0.2) is 0 Å². The summed E-state index contributed by atoms with van der Waals surface area (Å²) in [6.07, 6.45) is 3.29. The van der Waals surface area contributed by atoms with E-state index in [0.717, 1.165) is 19.3 Å². The van der Waals surface area contributed by atoms with Crippen molar-refractivity contribution in [3.05, 3.63) is 65.2 Å². The number of anilines is 1. The molecule has 2 aromatic rings. The van der Waals surface area contributed by atoms with Crippen LogP contribution in [0.25, 0.3) is 0 Å². The third-order valence-corrected chi connectivity index (χ3v) is 4.80. The first-order valence-electron chi connectivity index (χ1n) is 8.81. The highest BCUT2D eigenvalue weighted by molar-refractivity contribution is 5.97. The summed E-state index contributed by atoms with van der Waals surface area (Å²) in [6.45, 7) is 3.65. The van der Waals surface area contributed by atoms with Crippen LogP contribution in [-0.4, -0.2) is 11.8 Å². The molecule has 4 nitrogen and oxygen atoms in total. The van der Waals surface area contributed by atoms with Crippen LogP contribution in [-0.2, 0) is 11.2 Å². The molecule has 25 heavy (non-hydrogen) atoms. The van der Waals surface area contributed by atoms with Crippen LogP contribution in [0.4, 0.5) is 5.69 Å². The Labute approximate surface area is 148 Å². The van der Waals surface area contributed by atoms with E-state index in [1.54, 1.807) is 24.3 Å². The molecule has 4 heteroatoms. The normalized spacial score (nSPS) is 19.4. The molecule has 2 aromatic carbocycles. The first-order chi connectivity index (χ1) is 12.0. The van der Waals surface area contributed by atoms with E-state index in [2.05, 4.69) is 35.8 Å². The van der Waals surface area contributed by atoms with E-state index in [1.807, 2.05) is 6.07 Å². The third kappa shape index (κ3) is 4.08. The first kappa shape index (κ1) is 17.2. The molecule has 2 amide bonds. The number of carbonyl (C=O) groups excluding carboxylic acids is 2. The smallest absolute Gasteiger partial charge is 0.251 e. The molecule has 0 spiro atoms. The van der Waals surface area contributed by atoms with Gasteiger partial charge in [0, 0.05) is 18.2 Å². The highest BCUT2D eigenvalue weighted by Gasteiger charge is 2.26. The molecule has 2 N–H and O–H groups in total. The van der Waals surface area contributed by atoms with Crippen LogP contribution in [0.1, 0.15) is 54.2 Å². The minimum atomic E-state index is -0.149. The van der Waals surface area contributed by atoms with Crippen molar-refractivity contribution in [2.45, 2.75) is 39.2 Å². The molecule has 1 aliphatic rings. The average molecular weight is 336 g/mol. The van der Waals surface area contributed by atoms with Crippen molar-refractivity contribution in [2.24, 2.45) is 5.92 Å². The molecule has 0 aromatic heterocycles. The number of fused-ring (bicyclic) bond motifs is 1. The molecular weight excluding hydrogens is 312 g/mol. The average Bonchev–Trinajstić information content (AvgIpc) is 2.74. The zero-order chi connectivity index (χ0) is 17.8. The predicted molar refractivity (Wildman–Crippen MR) is 99.5 cm³/mol. The monoisotopic (exact) mass is 336 g/mol. The number of rotatable bonds is 3. The lowest BCUT2D eigenvalue weighted by molar-refractivity contribution is -0.114. The lowest BCUT2D eigenvalue weighted by Gasteiger charge is -2.25. The molecular formula is C21H24N2O2. The molecule has 3 rings (SSSR count). The van der Waals surface area contributed by atoms with Gasteiger partial charge in [-0.05, 0) is 54.5 Å². The van der Waals surface area contributed by atoms with E-state index in [4.69, 9.17) is 0 Å². The van der Waals surface area contributed by atoms with Gasteiger partial charge in [0.15, 0.2) is 0 Å². The maximum absolute atomic E-state index is 12.8. The van der Waals surface area contributed by atoms with Gasteiger partial charge in [-0.15, -0.1) is 0 Å². The van der Waals surface area contributed by atoms with Gasteiger partial charge in [-0.1, -0.05) is 37.3 Å². The molecule has 2 unspecified atom stereocenters. The van der Waals surface area contributed by atoms with E-state index < -0.39 is 0 Å². The first-order valence-corrected chi connectivity index (χ1v) is 8.81. The highest BCUT2D eigenvalue weighted by Crippen LogP contribution is 2.33. The van der Waals surface area contributed by atoms with Gasteiger partial charge >= 0.3 is 0 Å². The second-order valence-electron chi connectivity index (χ2n) is 6.78. The molecule has 130 valence electrons. The summed E-state index contributed by atoms with van der Waals surface area (Å²) in [7, 11) is 0. The fourth-order valence-electron chi connectivity index (χ4n) is 3.54. The Morgan fingerprint density at radius 1 is 1.08 bits per heavy atom. The predicted octanol–water partition coefficient (Wildman–Crippen LogP) is 4.09. The van der Waals surface area contributed by atoms with E-state index >= 15 is 0 Å². The number of benzene rings is 2. The summed E-state index contributed by atoms with van der Waals surface area (Å²) in [5.41, 5.74) is 3.73. The Hall–Kier alpha value is -2.62. The summed E-state index contributed by atoms with van der Waals surface area (Å²) >= 11 is 0. The van der Waals surface area contributed by atoms with Gasteiger partial charge in [0.1, 0.15) is 0 Å². The van der Waals surface area contributed by atoms with Crippen LogP contribution >= 0.6 is 0 Å². The van der Waals surface area contributed by atoms with Crippen molar-refractivity contribution in [3.8, 4) is 0 Å². The second kappa shape index (κ2) is 7.51. The number of carbonyl (C=O) groups is 2. The van der Waals surface area contributed by atoms with Crippen LogP contribution in [0.15, 0.2) is 48.5 Å². The highest BCUT2D eigenvalue weighted by atomic mass is 16.2. The zero-order valence-electron chi connectivity index (χ0n) is 14.7. The van der Waals surface area contributed by atoms with Crippen molar-refractivity contribution < 1.29 is 9.59 Å². The molecule has 2 atom stereocenters. The van der Waals surface area contributed by atoms with Gasteiger partial charge in [-0.2, -0.15) is 0 Å². The molecule has 0 saturated heterocycles. The Morgan fingerprint density at radius 2 is 1.88 bits per heavy atom. The molecule has 1 aliphatic carbocycles. The molecule has 0 heterocycles. The summed E-state index contributed by atoms with van der Waals surface area (Å²) in [5, 5.41) is 5.93. The minimum Gasteiger partial charge on any atom is -0.345 e. The Morgan fingerprint density at radius 3 is 2.68 bits per heavy atom.